The molecular weight excluding hydrogens is 278 g/mol. The van der Waals surface area contributed by atoms with Gasteiger partial charge in [-0.05, 0) is 37.9 Å². The highest BCUT2D eigenvalue weighted by Crippen LogP contribution is 2.13. The van der Waals surface area contributed by atoms with Crippen molar-refractivity contribution < 1.29 is 0 Å². The molecule has 0 aliphatic carbocycles. The molecule has 0 unspecified atom stereocenters. The van der Waals surface area contributed by atoms with Crippen molar-refractivity contribution in [1.82, 2.24) is 15.2 Å². The second kappa shape index (κ2) is 7.69. The normalized spacial score (nSPS) is 17.1. The zero-order valence-electron chi connectivity index (χ0n) is 12.4. The smallest absolute Gasteiger partial charge is 0.106 e. The maximum absolute atomic E-state index is 4.32. The number of thiazole rings is 1. The third kappa shape index (κ3) is 4.63. The Morgan fingerprint density at radius 1 is 1.19 bits per heavy atom. The van der Waals surface area contributed by atoms with E-state index in [2.05, 4.69) is 45.5 Å². The number of hydrogen-bond donors (Lipinski definition) is 1. The summed E-state index contributed by atoms with van der Waals surface area (Å²) in [6, 6.07) is 11.4. The molecule has 3 nitrogen and oxygen atoms in total. The lowest BCUT2D eigenvalue weighted by atomic mass is 10.0. The van der Waals surface area contributed by atoms with E-state index in [1.807, 2.05) is 11.6 Å². The fourth-order valence-corrected chi connectivity index (χ4v) is 3.43. The summed E-state index contributed by atoms with van der Waals surface area (Å²) < 4.78 is 0. The van der Waals surface area contributed by atoms with Crippen LogP contribution in [0.15, 0.2) is 41.9 Å². The number of nitrogens with one attached hydrogen (secondary N) is 1. The Balaban J connectivity index is 1.35. The van der Waals surface area contributed by atoms with Crippen LogP contribution in [-0.4, -0.2) is 35.6 Å². The number of hydrogen-bond acceptors (Lipinski definition) is 4. The Labute approximate surface area is 131 Å². The molecule has 0 atom stereocenters. The van der Waals surface area contributed by atoms with E-state index in [1.54, 1.807) is 11.3 Å². The van der Waals surface area contributed by atoms with Crippen LogP contribution in [-0.2, 0) is 13.0 Å². The second-order valence-corrected chi connectivity index (χ2v) is 6.64. The first-order valence-corrected chi connectivity index (χ1v) is 8.66. The first-order chi connectivity index (χ1) is 10.4. The number of aromatic nitrogens is 1. The average molecular weight is 301 g/mol. The maximum atomic E-state index is 4.32. The molecule has 1 aromatic carbocycles. The lowest BCUT2D eigenvalue weighted by molar-refractivity contribution is 0.199. The molecule has 112 valence electrons. The fourth-order valence-electron chi connectivity index (χ4n) is 2.86. The van der Waals surface area contributed by atoms with Gasteiger partial charge in [-0.3, -0.25) is 0 Å². The fraction of sp³-hybridized carbons (Fsp3) is 0.471. The van der Waals surface area contributed by atoms with Crippen molar-refractivity contribution in [2.24, 2.45) is 0 Å². The molecule has 2 aromatic rings. The van der Waals surface area contributed by atoms with Crippen molar-refractivity contribution in [2.45, 2.75) is 31.8 Å². The topological polar surface area (TPSA) is 28.2 Å². The Morgan fingerprint density at radius 2 is 2.00 bits per heavy atom. The molecule has 0 saturated carbocycles. The molecular formula is C17H23N3S. The van der Waals surface area contributed by atoms with Gasteiger partial charge in [-0.25, -0.2) is 4.98 Å². The van der Waals surface area contributed by atoms with Gasteiger partial charge < -0.3 is 10.2 Å². The molecule has 21 heavy (non-hydrogen) atoms. The maximum Gasteiger partial charge on any atom is 0.106 e. The van der Waals surface area contributed by atoms with Crippen LogP contribution in [0.4, 0.5) is 0 Å². The predicted octanol–water partition coefficient (Wildman–Crippen LogP) is 2.94. The molecule has 1 N–H and O–H groups in total. The van der Waals surface area contributed by atoms with Gasteiger partial charge in [-0.2, -0.15) is 0 Å². The summed E-state index contributed by atoms with van der Waals surface area (Å²) in [5, 5.41) is 6.88. The van der Waals surface area contributed by atoms with Crippen LogP contribution in [0.5, 0.6) is 0 Å². The summed E-state index contributed by atoms with van der Waals surface area (Å²) in [7, 11) is 0. The van der Waals surface area contributed by atoms with Crippen LogP contribution < -0.4 is 5.32 Å². The monoisotopic (exact) mass is 301 g/mol. The first-order valence-electron chi connectivity index (χ1n) is 7.78. The van der Waals surface area contributed by atoms with Crippen LogP contribution in [0.1, 0.15) is 23.4 Å². The minimum atomic E-state index is 0.655. The predicted molar refractivity (Wildman–Crippen MR) is 88.6 cm³/mol. The summed E-state index contributed by atoms with van der Waals surface area (Å²) in [4.78, 5) is 6.92. The van der Waals surface area contributed by atoms with E-state index in [4.69, 9.17) is 0 Å². The number of piperidine rings is 1. The second-order valence-electron chi connectivity index (χ2n) is 5.66. The lowest BCUT2D eigenvalue weighted by Crippen LogP contribution is -2.42. The Hall–Kier alpha value is -1.23. The minimum Gasteiger partial charge on any atom is -0.308 e. The highest BCUT2D eigenvalue weighted by molar-refractivity contribution is 7.09. The lowest BCUT2D eigenvalue weighted by Gasteiger charge is -2.32. The summed E-state index contributed by atoms with van der Waals surface area (Å²) in [6.45, 7) is 4.53. The Morgan fingerprint density at radius 3 is 2.71 bits per heavy atom. The molecule has 0 radical (unpaired) electrons. The van der Waals surface area contributed by atoms with Crippen molar-refractivity contribution in [3.63, 3.8) is 0 Å². The van der Waals surface area contributed by atoms with Gasteiger partial charge in [0, 0.05) is 30.7 Å². The van der Waals surface area contributed by atoms with Crippen LogP contribution in [0.2, 0.25) is 0 Å². The molecule has 0 spiro atoms. The number of rotatable bonds is 6. The zero-order valence-corrected chi connectivity index (χ0v) is 13.2. The summed E-state index contributed by atoms with van der Waals surface area (Å²) in [5.41, 5.74) is 1.45. The van der Waals surface area contributed by atoms with E-state index in [-0.39, 0.29) is 0 Å². The van der Waals surface area contributed by atoms with E-state index in [1.165, 1.54) is 43.0 Å². The molecule has 1 aliphatic rings. The zero-order chi connectivity index (χ0) is 14.3. The van der Waals surface area contributed by atoms with Crippen molar-refractivity contribution in [3.05, 3.63) is 52.5 Å². The van der Waals surface area contributed by atoms with Crippen LogP contribution in [0, 0.1) is 0 Å². The Kier molecular flexibility index (Phi) is 5.38. The van der Waals surface area contributed by atoms with Gasteiger partial charge >= 0.3 is 0 Å². The Bertz CT molecular complexity index is 504. The van der Waals surface area contributed by atoms with Crippen LogP contribution in [0.25, 0.3) is 0 Å². The molecule has 0 bridgehead atoms. The number of nitrogens with zero attached hydrogens (tertiary/aromatic N) is 2. The van der Waals surface area contributed by atoms with Crippen molar-refractivity contribution in [3.8, 4) is 0 Å². The summed E-state index contributed by atoms with van der Waals surface area (Å²) in [6.07, 6.45) is 5.55. The average Bonchev–Trinajstić information content (AvgIpc) is 3.06. The number of likely N-dealkylation sites (tertiary alicyclic amines) is 1. The standard InChI is InChI=1S/C17H23N3S/c1-2-4-15(5-3-1)6-10-20-11-7-16(8-12-20)19-14-17-18-9-13-21-17/h1-5,9,13,16,19H,6-8,10-12,14H2. The van der Waals surface area contributed by atoms with Crippen molar-refractivity contribution in [2.75, 3.05) is 19.6 Å². The largest absolute Gasteiger partial charge is 0.308 e. The van der Waals surface area contributed by atoms with E-state index in [9.17, 15) is 0 Å². The first kappa shape index (κ1) is 14.7. The third-order valence-electron chi connectivity index (χ3n) is 4.17. The van der Waals surface area contributed by atoms with Gasteiger partial charge in [-0.1, -0.05) is 30.3 Å². The molecule has 4 heteroatoms. The molecule has 2 heterocycles. The van der Waals surface area contributed by atoms with Crippen LogP contribution >= 0.6 is 11.3 Å². The van der Waals surface area contributed by atoms with Gasteiger partial charge in [0.2, 0.25) is 0 Å². The highest BCUT2D eigenvalue weighted by atomic mass is 32.1. The van der Waals surface area contributed by atoms with E-state index < -0.39 is 0 Å². The SMILES string of the molecule is c1ccc(CCN2CCC(NCc3nccs3)CC2)cc1. The minimum absolute atomic E-state index is 0.655. The molecule has 1 fully saturated rings. The van der Waals surface area contributed by atoms with E-state index >= 15 is 0 Å². The van der Waals surface area contributed by atoms with Crippen LogP contribution in [0.3, 0.4) is 0 Å². The highest BCUT2D eigenvalue weighted by Gasteiger charge is 2.18. The molecule has 3 rings (SSSR count). The quantitative estimate of drug-likeness (QED) is 0.889. The summed E-state index contributed by atoms with van der Waals surface area (Å²) >= 11 is 1.73. The molecule has 1 aliphatic heterocycles. The van der Waals surface area contributed by atoms with E-state index in [0.29, 0.717) is 6.04 Å². The molecule has 0 amide bonds. The van der Waals surface area contributed by atoms with Gasteiger partial charge in [0.1, 0.15) is 5.01 Å². The van der Waals surface area contributed by atoms with Crippen molar-refractivity contribution >= 4 is 11.3 Å². The molecule has 1 saturated heterocycles. The van der Waals surface area contributed by atoms with Gasteiger partial charge in [-0.15, -0.1) is 11.3 Å². The third-order valence-corrected chi connectivity index (χ3v) is 4.95. The molecule has 1 aromatic heterocycles. The van der Waals surface area contributed by atoms with Crippen molar-refractivity contribution in [1.29, 1.82) is 0 Å². The van der Waals surface area contributed by atoms with Gasteiger partial charge in [0.15, 0.2) is 0 Å². The van der Waals surface area contributed by atoms with Gasteiger partial charge in [0.05, 0.1) is 0 Å². The summed E-state index contributed by atoms with van der Waals surface area (Å²) in [5.74, 6) is 0. The number of benzene rings is 1. The van der Waals surface area contributed by atoms with E-state index in [0.717, 1.165) is 13.0 Å². The van der Waals surface area contributed by atoms with Gasteiger partial charge in [0.25, 0.3) is 0 Å².